The standard InChI is InChI=1S/C22H22N2O4/c1-14-17(22(27)28-3)9-6-10-19(14)23-21(26)13-20-18-8-5-4-7-16(18)11-12-24(20)15(2)25/h4-12,20H,13H2,1-3H3,(H,23,26). The highest BCUT2D eigenvalue weighted by Gasteiger charge is 2.28. The second-order valence-corrected chi connectivity index (χ2v) is 6.61. The summed E-state index contributed by atoms with van der Waals surface area (Å²) in [5.74, 6) is -0.832. The maximum atomic E-state index is 12.8. The van der Waals surface area contributed by atoms with Crippen LogP contribution >= 0.6 is 0 Å². The van der Waals surface area contributed by atoms with Crippen LogP contribution in [0, 0.1) is 6.92 Å². The maximum Gasteiger partial charge on any atom is 0.338 e. The molecule has 6 heteroatoms. The van der Waals surface area contributed by atoms with Crippen molar-refractivity contribution in [1.29, 1.82) is 0 Å². The Balaban J connectivity index is 1.83. The fraction of sp³-hybridized carbons (Fsp3) is 0.227. The van der Waals surface area contributed by atoms with E-state index < -0.39 is 5.97 Å². The van der Waals surface area contributed by atoms with Gasteiger partial charge in [-0.05, 0) is 41.8 Å². The van der Waals surface area contributed by atoms with Crippen LogP contribution in [0.15, 0.2) is 48.7 Å². The fourth-order valence-corrected chi connectivity index (χ4v) is 3.39. The van der Waals surface area contributed by atoms with Gasteiger partial charge in [0.2, 0.25) is 11.8 Å². The lowest BCUT2D eigenvalue weighted by Crippen LogP contribution is -2.33. The number of anilines is 1. The average molecular weight is 378 g/mol. The Morgan fingerprint density at radius 3 is 2.57 bits per heavy atom. The number of benzene rings is 2. The number of fused-ring (bicyclic) bond motifs is 1. The molecule has 0 aromatic heterocycles. The summed E-state index contributed by atoms with van der Waals surface area (Å²) in [4.78, 5) is 38.3. The van der Waals surface area contributed by atoms with Crippen LogP contribution < -0.4 is 5.32 Å². The number of methoxy groups -OCH3 is 1. The molecule has 2 amide bonds. The number of ether oxygens (including phenoxy) is 1. The zero-order chi connectivity index (χ0) is 20.3. The van der Waals surface area contributed by atoms with Crippen LogP contribution in [0.25, 0.3) is 6.08 Å². The van der Waals surface area contributed by atoms with Crippen molar-refractivity contribution >= 4 is 29.5 Å². The zero-order valence-electron chi connectivity index (χ0n) is 16.1. The van der Waals surface area contributed by atoms with Gasteiger partial charge in [0.15, 0.2) is 0 Å². The highest BCUT2D eigenvalue weighted by molar-refractivity contribution is 5.97. The van der Waals surface area contributed by atoms with Crippen LogP contribution in [-0.4, -0.2) is 29.8 Å². The first-order valence-corrected chi connectivity index (χ1v) is 8.96. The van der Waals surface area contributed by atoms with Crippen molar-refractivity contribution < 1.29 is 19.1 Å². The van der Waals surface area contributed by atoms with Crippen LogP contribution in [0.2, 0.25) is 0 Å². The highest BCUT2D eigenvalue weighted by Crippen LogP contribution is 2.33. The second-order valence-electron chi connectivity index (χ2n) is 6.61. The van der Waals surface area contributed by atoms with Gasteiger partial charge in [0.1, 0.15) is 0 Å². The number of carbonyl (C=O) groups is 3. The van der Waals surface area contributed by atoms with Gasteiger partial charge >= 0.3 is 5.97 Å². The van der Waals surface area contributed by atoms with Crippen molar-refractivity contribution in [3.8, 4) is 0 Å². The summed E-state index contributed by atoms with van der Waals surface area (Å²) in [5, 5.41) is 2.86. The van der Waals surface area contributed by atoms with Crippen LogP contribution in [0.4, 0.5) is 5.69 Å². The Morgan fingerprint density at radius 2 is 1.86 bits per heavy atom. The van der Waals surface area contributed by atoms with E-state index in [1.807, 2.05) is 30.3 Å². The fourth-order valence-electron chi connectivity index (χ4n) is 3.39. The van der Waals surface area contributed by atoms with Crippen molar-refractivity contribution in [2.45, 2.75) is 26.3 Å². The summed E-state index contributed by atoms with van der Waals surface area (Å²) >= 11 is 0. The largest absolute Gasteiger partial charge is 0.465 e. The topological polar surface area (TPSA) is 75.7 Å². The van der Waals surface area contributed by atoms with Gasteiger partial charge in [-0.25, -0.2) is 4.79 Å². The van der Waals surface area contributed by atoms with E-state index in [0.29, 0.717) is 16.8 Å². The summed E-state index contributed by atoms with van der Waals surface area (Å²) in [5.41, 5.74) is 3.49. The molecule has 0 aliphatic carbocycles. The predicted octanol–water partition coefficient (Wildman–Crippen LogP) is 3.68. The third-order valence-electron chi connectivity index (χ3n) is 4.86. The molecule has 2 aromatic rings. The molecule has 1 aliphatic heterocycles. The lowest BCUT2D eigenvalue weighted by molar-refractivity contribution is -0.129. The SMILES string of the molecule is COC(=O)c1cccc(NC(=O)CC2c3ccccc3C=CN2C(C)=O)c1C. The van der Waals surface area contributed by atoms with E-state index in [-0.39, 0.29) is 24.3 Å². The molecule has 0 saturated carbocycles. The van der Waals surface area contributed by atoms with Crippen LogP contribution in [0.5, 0.6) is 0 Å². The van der Waals surface area contributed by atoms with Crippen LogP contribution in [0.3, 0.4) is 0 Å². The highest BCUT2D eigenvalue weighted by atomic mass is 16.5. The molecule has 1 atom stereocenters. The number of rotatable bonds is 4. The first-order valence-electron chi connectivity index (χ1n) is 8.96. The van der Waals surface area contributed by atoms with Gasteiger partial charge in [0.25, 0.3) is 0 Å². The molecule has 0 spiro atoms. The first-order chi connectivity index (χ1) is 13.4. The molecule has 144 valence electrons. The molecule has 2 aromatic carbocycles. The molecule has 0 saturated heterocycles. The van der Waals surface area contributed by atoms with Crippen LogP contribution in [-0.2, 0) is 14.3 Å². The van der Waals surface area contributed by atoms with E-state index in [1.165, 1.54) is 14.0 Å². The van der Waals surface area contributed by atoms with Crippen LogP contribution in [0.1, 0.15) is 46.4 Å². The monoisotopic (exact) mass is 378 g/mol. The van der Waals surface area contributed by atoms with Gasteiger partial charge < -0.3 is 15.0 Å². The number of amides is 2. The summed E-state index contributed by atoms with van der Waals surface area (Å²) < 4.78 is 4.77. The third kappa shape index (κ3) is 3.81. The minimum atomic E-state index is -0.456. The second kappa shape index (κ2) is 8.08. The van der Waals surface area contributed by atoms with Gasteiger partial charge in [-0.15, -0.1) is 0 Å². The smallest absolute Gasteiger partial charge is 0.338 e. The van der Waals surface area contributed by atoms with E-state index in [1.54, 1.807) is 36.2 Å². The van der Waals surface area contributed by atoms with Crippen molar-refractivity contribution in [3.05, 3.63) is 70.9 Å². The molecule has 1 heterocycles. The van der Waals surface area contributed by atoms with Gasteiger partial charge in [-0.2, -0.15) is 0 Å². The Bertz CT molecular complexity index is 965. The molecular weight excluding hydrogens is 356 g/mol. The molecule has 1 unspecified atom stereocenters. The number of esters is 1. The minimum absolute atomic E-state index is 0.100. The Hall–Kier alpha value is -3.41. The summed E-state index contributed by atoms with van der Waals surface area (Å²) in [6, 6.07) is 12.4. The molecule has 3 rings (SSSR count). The van der Waals surface area contributed by atoms with Crippen molar-refractivity contribution in [2.75, 3.05) is 12.4 Å². The number of carbonyl (C=O) groups excluding carboxylic acids is 3. The van der Waals surface area contributed by atoms with E-state index in [0.717, 1.165) is 11.1 Å². The summed E-state index contributed by atoms with van der Waals surface area (Å²) in [6.07, 6.45) is 3.68. The Morgan fingerprint density at radius 1 is 1.11 bits per heavy atom. The van der Waals surface area contributed by atoms with Gasteiger partial charge in [0, 0.05) is 18.8 Å². The normalized spacial score (nSPS) is 15.0. The van der Waals surface area contributed by atoms with Gasteiger partial charge in [0.05, 0.1) is 25.1 Å². The third-order valence-corrected chi connectivity index (χ3v) is 4.86. The molecule has 0 bridgehead atoms. The Labute approximate surface area is 163 Å². The van der Waals surface area contributed by atoms with Gasteiger partial charge in [-0.3, -0.25) is 9.59 Å². The van der Waals surface area contributed by atoms with E-state index in [2.05, 4.69) is 5.32 Å². The van der Waals surface area contributed by atoms with Gasteiger partial charge in [-0.1, -0.05) is 30.3 Å². The predicted molar refractivity (Wildman–Crippen MR) is 107 cm³/mol. The molecule has 1 aliphatic rings. The Kier molecular flexibility index (Phi) is 5.59. The molecule has 1 N–H and O–H groups in total. The van der Waals surface area contributed by atoms with E-state index >= 15 is 0 Å². The average Bonchev–Trinajstić information content (AvgIpc) is 2.69. The quantitative estimate of drug-likeness (QED) is 0.824. The molecule has 0 fully saturated rings. The van der Waals surface area contributed by atoms with Crippen molar-refractivity contribution in [1.82, 2.24) is 4.90 Å². The zero-order valence-corrected chi connectivity index (χ0v) is 16.1. The number of nitrogens with zero attached hydrogens (tertiary/aromatic N) is 1. The lowest BCUT2D eigenvalue weighted by Gasteiger charge is -2.32. The maximum absolute atomic E-state index is 12.8. The van der Waals surface area contributed by atoms with E-state index in [4.69, 9.17) is 4.74 Å². The molecular formula is C22H22N2O4. The summed E-state index contributed by atoms with van der Waals surface area (Å²) in [7, 11) is 1.32. The first kappa shape index (κ1) is 19.4. The lowest BCUT2D eigenvalue weighted by atomic mass is 9.93. The minimum Gasteiger partial charge on any atom is -0.465 e. The molecule has 6 nitrogen and oxygen atoms in total. The van der Waals surface area contributed by atoms with Crippen molar-refractivity contribution in [3.63, 3.8) is 0 Å². The summed E-state index contributed by atoms with van der Waals surface area (Å²) in [6.45, 7) is 3.23. The number of hydrogen-bond acceptors (Lipinski definition) is 4. The van der Waals surface area contributed by atoms with Crippen molar-refractivity contribution in [2.24, 2.45) is 0 Å². The molecule has 0 radical (unpaired) electrons. The number of nitrogens with one attached hydrogen (secondary N) is 1. The van der Waals surface area contributed by atoms with E-state index in [9.17, 15) is 14.4 Å². The number of hydrogen-bond donors (Lipinski definition) is 1. The molecule has 28 heavy (non-hydrogen) atoms.